The van der Waals surface area contributed by atoms with E-state index in [0.717, 1.165) is 36.9 Å². The first kappa shape index (κ1) is 44.4. The van der Waals surface area contributed by atoms with Gasteiger partial charge in [0.25, 0.3) is 0 Å². The van der Waals surface area contributed by atoms with Crippen molar-refractivity contribution < 1.29 is 52.5 Å². The van der Waals surface area contributed by atoms with Gasteiger partial charge in [0.1, 0.15) is 24.4 Å². The van der Waals surface area contributed by atoms with E-state index in [1.807, 2.05) is 24.3 Å². The summed E-state index contributed by atoms with van der Waals surface area (Å²) in [7, 11) is 1.58. The third-order valence-corrected chi connectivity index (χ3v) is 12.0. The van der Waals surface area contributed by atoms with Gasteiger partial charge in [0.05, 0.1) is 36.8 Å². The molecule has 13 heteroatoms. The molecule has 3 saturated heterocycles. The third-order valence-electron chi connectivity index (χ3n) is 11.7. The molecule has 2 N–H and O–H groups in total. The van der Waals surface area contributed by atoms with Crippen molar-refractivity contribution in [3.63, 3.8) is 0 Å². The number of nitrogens with one attached hydrogen (secondary N) is 2. The Bertz CT molecular complexity index is 2060. The summed E-state index contributed by atoms with van der Waals surface area (Å²) in [4.78, 5) is 4.62. The van der Waals surface area contributed by atoms with Crippen LogP contribution in [0.1, 0.15) is 93.8 Å². The first-order valence-corrected chi connectivity index (χ1v) is 19.3. The van der Waals surface area contributed by atoms with E-state index in [2.05, 4.69) is 88.0 Å². The van der Waals surface area contributed by atoms with Crippen LogP contribution < -0.4 is 32.4 Å². The number of fused-ring (bicyclic) bond motifs is 4. The molecule has 4 unspecified atom stereocenters. The number of anilines is 1. The lowest BCUT2D eigenvalue weighted by Crippen LogP contribution is -3.00. The predicted octanol–water partition coefficient (Wildman–Crippen LogP) is 8.52. The lowest BCUT2D eigenvalue weighted by atomic mass is 9.70. The highest BCUT2D eigenvalue weighted by molar-refractivity contribution is 7.80. The van der Waals surface area contributed by atoms with Crippen molar-refractivity contribution in [1.29, 1.82) is 0 Å². The summed E-state index contributed by atoms with van der Waals surface area (Å²) < 4.78 is 89.3. The maximum atomic E-state index is 13.8. The normalized spacial score (nSPS) is 21.7. The Labute approximate surface area is 347 Å². The Balaban J connectivity index is 0.00000620. The van der Waals surface area contributed by atoms with E-state index >= 15 is 0 Å². The Hall–Kier alpha value is -3.68. The molecule has 5 nitrogen and oxygen atoms in total. The molecule has 3 aliphatic heterocycles. The van der Waals surface area contributed by atoms with Crippen LogP contribution >= 0.6 is 12.2 Å². The number of halogens is 7. The molecule has 4 heterocycles. The number of hydrogen-bond acceptors (Lipinski definition) is 3. The summed E-state index contributed by atoms with van der Waals surface area (Å²) in [6.07, 6.45) is -4.46. The zero-order chi connectivity index (χ0) is 41.0. The molecule has 1 aromatic heterocycles. The van der Waals surface area contributed by atoms with E-state index in [0.29, 0.717) is 40.3 Å². The topological polar surface area (TPSA) is 46.2 Å². The minimum atomic E-state index is -5.01. The molecular formula is C44H51BrF6N4OS. The number of ether oxygens (including phenoxy) is 1. The van der Waals surface area contributed by atoms with Crippen molar-refractivity contribution in [3.8, 4) is 5.75 Å². The van der Waals surface area contributed by atoms with E-state index in [1.54, 1.807) is 13.3 Å². The number of alkyl halides is 6. The van der Waals surface area contributed by atoms with E-state index < -0.39 is 35.2 Å². The number of quaternary nitrogens is 1. The molecule has 4 aromatic rings. The summed E-state index contributed by atoms with van der Waals surface area (Å²) in [6, 6.07) is 15.2. The van der Waals surface area contributed by atoms with Gasteiger partial charge in [-0.2, -0.15) is 26.3 Å². The molecule has 3 aliphatic rings. The molecule has 308 valence electrons. The number of aromatic nitrogens is 1. The van der Waals surface area contributed by atoms with Gasteiger partial charge in [-0.25, -0.2) is 0 Å². The summed E-state index contributed by atoms with van der Waals surface area (Å²) in [5, 5.41) is 6.86. The summed E-state index contributed by atoms with van der Waals surface area (Å²) >= 11 is 5.79. The van der Waals surface area contributed by atoms with E-state index in [-0.39, 0.29) is 50.9 Å². The van der Waals surface area contributed by atoms with Gasteiger partial charge in [0.2, 0.25) is 0 Å². The van der Waals surface area contributed by atoms with Gasteiger partial charge in [0, 0.05) is 41.6 Å². The second-order valence-corrected chi connectivity index (χ2v) is 18.0. The molecule has 0 radical (unpaired) electrons. The van der Waals surface area contributed by atoms with Crippen LogP contribution in [0.15, 0.2) is 79.5 Å². The standard InChI is InChI=1S/C44H50F6N4OS.BrH/c1-9-27-25-54(24-26-16-29(41(2,3)4)19-30(17-26)42(5,6)7)15-13-28(27)18-38(54)39(35-12-14-51-37-11-10-34(55-8)23-36(35)37)53-40(56)52-33-21-31(43(45,46)47)20-32(22-33)44(48,49)50;/h9-12,14,16-17,19-23,27-28,38-39H,1,13,15,18,24-25H2,2-8H3,(H-,52,53,56);1H/t27?,28?,38?,39?,54-;/m1./s1. The fraction of sp³-hybridized carbons (Fsp3) is 0.455. The Morgan fingerprint density at radius 2 is 1.49 bits per heavy atom. The zero-order valence-corrected chi connectivity index (χ0v) is 35.7. The van der Waals surface area contributed by atoms with Crippen LogP contribution in [-0.2, 0) is 29.7 Å². The number of nitrogens with zero attached hydrogens (tertiary/aromatic N) is 2. The van der Waals surface area contributed by atoms with Crippen molar-refractivity contribution in [2.75, 3.05) is 25.5 Å². The molecule has 7 rings (SSSR count). The van der Waals surface area contributed by atoms with Crippen molar-refractivity contribution in [3.05, 3.63) is 113 Å². The molecular weight excluding hydrogens is 826 g/mol. The summed E-state index contributed by atoms with van der Waals surface area (Å²) in [5.74, 6) is 1.21. The largest absolute Gasteiger partial charge is 1.00 e. The van der Waals surface area contributed by atoms with Gasteiger partial charge in [-0.3, -0.25) is 4.98 Å². The number of piperidine rings is 3. The SMILES string of the molecule is C=CC1C[N@+]2(Cc3cc(C(C)(C)C)cc(C(C)(C)C)c3)CCC1CC2C(NC(=S)Nc1cc(C(F)(F)F)cc(C(F)(F)F)c1)c1ccnc2ccc(OC)cc12.[Br-]. The number of pyridine rings is 1. The average molecular weight is 878 g/mol. The molecule has 5 atom stereocenters. The van der Waals surface area contributed by atoms with Crippen LogP contribution in [0, 0.1) is 11.8 Å². The quantitative estimate of drug-likeness (QED) is 0.0806. The molecule has 2 bridgehead atoms. The third kappa shape index (κ3) is 9.63. The molecule has 0 spiro atoms. The molecule has 0 amide bonds. The smallest absolute Gasteiger partial charge is 0.416 e. The van der Waals surface area contributed by atoms with Crippen molar-refractivity contribution >= 4 is 33.9 Å². The second kappa shape index (κ2) is 16.2. The lowest BCUT2D eigenvalue weighted by Gasteiger charge is -2.59. The van der Waals surface area contributed by atoms with Crippen LogP contribution in [-0.4, -0.2) is 40.8 Å². The number of methoxy groups -OCH3 is 1. The Kier molecular flexibility index (Phi) is 12.6. The first-order valence-electron chi connectivity index (χ1n) is 18.9. The van der Waals surface area contributed by atoms with E-state index in [4.69, 9.17) is 17.0 Å². The van der Waals surface area contributed by atoms with Crippen molar-refractivity contribution in [2.24, 2.45) is 11.8 Å². The highest BCUT2D eigenvalue weighted by Crippen LogP contribution is 2.49. The highest BCUT2D eigenvalue weighted by atomic mass is 79.9. The van der Waals surface area contributed by atoms with Crippen molar-refractivity contribution in [2.45, 2.75) is 96.2 Å². The lowest BCUT2D eigenvalue weighted by molar-refractivity contribution is -0.983. The maximum absolute atomic E-state index is 13.8. The average Bonchev–Trinajstić information content (AvgIpc) is 3.11. The highest BCUT2D eigenvalue weighted by Gasteiger charge is 2.54. The first-order chi connectivity index (χ1) is 26.0. The van der Waals surface area contributed by atoms with Gasteiger partial charge in [-0.1, -0.05) is 53.7 Å². The number of thiocarbonyl (C=S) groups is 1. The maximum Gasteiger partial charge on any atom is 0.416 e. The van der Waals surface area contributed by atoms with Gasteiger partial charge in [-0.15, -0.1) is 6.58 Å². The van der Waals surface area contributed by atoms with Crippen LogP contribution in [0.3, 0.4) is 0 Å². The Morgan fingerprint density at radius 3 is 2.04 bits per heavy atom. The number of benzene rings is 3. The van der Waals surface area contributed by atoms with E-state index in [1.165, 1.54) is 16.7 Å². The number of rotatable bonds is 8. The molecule has 57 heavy (non-hydrogen) atoms. The molecule has 3 aromatic carbocycles. The van der Waals surface area contributed by atoms with Crippen LogP contribution in [0.25, 0.3) is 10.9 Å². The molecule has 3 fully saturated rings. The fourth-order valence-electron chi connectivity index (χ4n) is 8.68. The Morgan fingerprint density at radius 1 is 0.895 bits per heavy atom. The van der Waals surface area contributed by atoms with Gasteiger partial charge in [0.15, 0.2) is 5.11 Å². The van der Waals surface area contributed by atoms with Crippen LogP contribution in [0.5, 0.6) is 5.75 Å². The fourth-order valence-corrected chi connectivity index (χ4v) is 8.92. The minimum absolute atomic E-state index is 0. The molecule has 0 saturated carbocycles. The predicted molar refractivity (Wildman–Crippen MR) is 215 cm³/mol. The van der Waals surface area contributed by atoms with Gasteiger partial charge >= 0.3 is 12.4 Å². The zero-order valence-electron chi connectivity index (χ0n) is 33.3. The monoisotopic (exact) mass is 876 g/mol. The van der Waals surface area contributed by atoms with Crippen molar-refractivity contribution in [1.82, 2.24) is 10.3 Å². The summed E-state index contributed by atoms with van der Waals surface area (Å²) in [5.41, 5.74) is 1.79. The minimum Gasteiger partial charge on any atom is -1.00 e. The summed E-state index contributed by atoms with van der Waals surface area (Å²) in [6.45, 7) is 19.9. The number of hydrogen-bond donors (Lipinski definition) is 2. The van der Waals surface area contributed by atoms with Gasteiger partial charge in [-0.05, 0) is 100 Å². The second-order valence-electron chi connectivity index (χ2n) is 17.6. The van der Waals surface area contributed by atoms with Crippen LogP contribution in [0.2, 0.25) is 0 Å². The molecule has 0 aliphatic carbocycles. The van der Waals surface area contributed by atoms with Crippen LogP contribution in [0.4, 0.5) is 32.0 Å². The van der Waals surface area contributed by atoms with E-state index in [9.17, 15) is 26.3 Å². The van der Waals surface area contributed by atoms with Gasteiger partial charge < -0.3 is 36.8 Å².